The van der Waals surface area contributed by atoms with Gasteiger partial charge in [0.15, 0.2) is 0 Å². The number of hydrogen-bond acceptors (Lipinski definition) is 7. The van der Waals surface area contributed by atoms with Gasteiger partial charge in [-0.2, -0.15) is 10.2 Å². The van der Waals surface area contributed by atoms with E-state index in [1.165, 1.54) is 0 Å². The molecule has 0 atom stereocenters. The number of nitrogens with one attached hydrogen (secondary N) is 1. The van der Waals surface area contributed by atoms with Gasteiger partial charge in [-0.05, 0) is 19.0 Å². The smallest absolute Gasteiger partial charge is 0.741 e. The minimum atomic E-state index is 0. The fraction of sp³-hybridized carbons (Fsp3) is 0.286. The second-order valence-corrected chi connectivity index (χ2v) is 4.69. The van der Waals surface area contributed by atoms with E-state index in [9.17, 15) is 0 Å². The monoisotopic (exact) mass is 398 g/mol. The molecule has 6 nitrogen and oxygen atoms in total. The molecule has 1 radical (unpaired) electrons. The average Bonchev–Trinajstić information content (AvgIpc) is 2.54. The third kappa shape index (κ3) is 8.03. The van der Waals surface area contributed by atoms with Crippen molar-refractivity contribution in [1.29, 1.82) is 0 Å². The first-order chi connectivity index (χ1) is 10.6. The summed E-state index contributed by atoms with van der Waals surface area (Å²) in [6.45, 7) is 4.04. The Morgan fingerprint density at radius 1 is 1.09 bits per heavy atom. The largest absolute Gasteiger partial charge is 2.00 e. The van der Waals surface area contributed by atoms with E-state index in [0.29, 0.717) is 18.0 Å². The van der Waals surface area contributed by atoms with Crippen LogP contribution in [0.2, 0.25) is 0 Å². The van der Waals surface area contributed by atoms with Crippen LogP contribution < -0.4 is 5.32 Å². The molecule has 0 spiro atoms. The van der Waals surface area contributed by atoms with Gasteiger partial charge in [0.25, 0.3) is 0 Å². The zero-order valence-corrected chi connectivity index (χ0v) is 15.5. The van der Waals surface area contributed by atoms with Gasteiger partial charge < -0.3 is 35.3 Å². The third-order valence-electron chi connectivity index (χ3n) is 2.39. The number of amidine groups is 1. The molecule has 127 valence electrons. The van der Waals surface area contributed by atoms with E-state index in [1.807, 2.05) is 37.3 Å². The maximum absolute atomic E-state index is 5.06. The molecule has 0 heterocycles. The van der Waals surface area contributed by atoms with E-state index < -0.39 is 0 Å². The Morgan fingerprint density at radius 2 is 1.74 bits per heavy atom. The van der Waals surface area contributed by atoms with Crippen molar-refractivity contribution >= 4 is 47.1 Å². The second-order valence-electron chi connectivity index (χ2n) is 3.95. The molecule has 0 aliphatic heterocycles. The van der Waals surface area contributed by atoms with Crippen molar-refractivity contribution in [1.82, 2.24) is 5.32 Å². The van der Waals surface area contributed by atoms with Crippen LogP contribution in [-0.2, 0) is 47.1 Å². The van der Waals surface area contributed by atoms with Gasteiger partial charge in [0.1, 0.15) is 5.71 Å². The van der Waals surface area contributed by atoms with Gasteiger partial charge in [0, 0.05) is 12.6 Å². The third-order valence-corrected chi connectivity index (χ3v) is 2.88. The molecule has 0 aromatic heterocycles. The summed E-state index contributed by atoms with van der Waals surface area (Å²) in [4.78, 5) is 0. The molecule has 0 unspecified atom stereocenters. The number of rotatable bonds is 5. The molecule has 23 heavy (non-hydrogen) atoms. The minimum Gasteiger partial charge on any atom is -0.741 e. The molecule has 0 bridgehead atoms. The topological polar surface area (TPSA) is 70.7 Å². The molecule has 1 N–H and O–H groups in total. The van der Waals surface area contributed by atoms with Crippen molar-refractivity contribution in [2.24, 2.45) is 20.4 Å². The molecule has 0 aliphatic rings. The van der Waals surface area contributed by atoms with Crippen molar-refractivity contribution in [2.45, 2.75) is 13.8 Å². The molecule has 0 aliphatic carbocycles. The van der Waals surface area contributed by atoms with Crippen LogP contribution in [0.1, 0.15) is 19.4 Å². The molecule has 0 amide bonds. The Labute approximate surface area is 157 Å². The quantitative estimate of drug-likeness (QED) is 0.270. The van der Waals surface area contributed by atoms with Gasteiger partial charge in [-0.25, -0.2) is 0 Å². The van der Waals surface area contributed by atoms with E-state index >= 15 is 0 Å². The van der Waals surface area contributed by atoms with Crippen LogP contribution >= 0.6 is 0 Å². The van der Waals surface area contributed by atoms with Crippen molar-refractivity contribution < 1.29 is 21.8 Å². The predicted molar refractivity (Wildman–Crippen MR) is 96.4 cm³/mol. The van der Waals surface area contributed by atoms with E-state index in [0.717, 1.165) is 5.56 Å². The van der Waals surface area contributed by atoms with Crippen LogP contribution in [0, 0.1) is 0 Å². The maximum atomic E-state index is 5.06. The van der Waals surface area contributed by atoms with Crippen molar-refractivity contribution in [2.75, 3.05) is 13.7 Å². The molecule has 0 fully saturated rings. The van der Waals surface area contributed by atoms with Gasteiger partial charge in [-0.3, -0.25) is 0 Å². The van der Waals surface area contributed by atoms with Crippen LogP contribution in [0.25, 0.3) is 0 Å². The van der Waals surface area contributed by atoms with Crippen LogP contribution in [0.4, 0.5) is 0 Å². The molecule has 0 saturated heterocycles. The summed E-state index contributed by atoms with van der Waals surface area (Å²) in [6, 6.07) is 9.51. The van der Waals surface area contributed by atoms with Crippen molar-refractivity contribution in [3.63, 3.8) is 0 Å². The van der Waals surface area contributed by atoms with Crippen LogP contribution in [-0.4, -0.2) is 35.5 Å². The molecule has 1 aromatic carbocycles. The Bertz CT molecular complexity index is 602. The van der Waals surface area contributed by atoms with E-state index in [4.69, 9.17) is 30.0 Å². The summed E-state index contributed by atoms with van der Waals surface area (Å²) in [5, 5.41) is 19.0. The van der Waals surface area contributed by atoms with E-state index in [2.05, 4.69) is 25.7 Å². The first kappa shape index (κ1) is 21.5. The summed E-state index contributed by atoms with van der Waals surface area (Å²) >= 11 is 9.87. The maximum Gasteiger partial charge on any atom is 2.00 e. The van der Waals surface area contributed by atoms with E-state index in [-0.39, 0.29) is 27.5 Å². The molecule has 1 rings (SSSR count). The molecule has 9 heteroatoms. The Balaban J connectivity index is 0.00000484. The number of hydrogen-bond donors (Lipinski definition) is 1. The summed E-state index contributed by atoms with van der Waals surface area (Å²) in [6.07, 6.45) is 0. The normalized spacial score (nSPS) is 13.3. The Morgan fingerprint density at radius 3 is 2.30 bits per heavy atom. The van der Waals surface area contributed by atoms with Crippen molar-refractivity contribution in [3.05, 3.63) is 35.9 Å². The zero-order valence-electron chi connectivity index (χ0n) is 12.9. The fourth-order valence-electron chi connectivity index (χ4n) is 1.40. The number of ether oxygens (including phenoxy) is 1. The summed E-state index contributed by atoms with van der Waals surface area (Å²) in [7, 11) is 1.68. The molecule has 0 saturated carbocycles. The SMILES string of the molecule is CCO/C([S-])=N/N=C(C)/C(=N/N=C(\[S-])NC)c1ccccc1.[Cu+2]. The standard InChI is InChI=1S/C14H19N5OS2.Cu/c1-4-20-14(22)19-16-10(2)12(17-18-13(21)15-3)11-8-6-5-7-9-11;/h5-9H,4H2,1-3H3,(H,19,22)(H2,15,18,21);/q;+2/p-2/b16-10+,17-12-;. The van der Waals surface area contributed by atoms with E-state index in [1.54, 1.807) is 14.0 Å². The number of nitrogens with zero attached hydrogens (tertiary/aromatic N) is 4. The van der Waals surface area contributed by atoms with Gasteiger partial charge in [-0.1, -0.05) is 30.3 Å². The summed E-state index contributed by atoms with van der Waals surface area (Å²) in [5.74, 6) is 0. The Hall–Kier alpha value is -1.54. The summed E-state index contributed by atoms with van der Waals surface area (Å²) < 4.78 is 5.06. The Kier molecular flexibility index (Phi) is 11.2. The molecular formula is C14H17CuN5OS2. The fourth-order valence-corrected chi connectivity index (χ4v) is 1.60. The van der Waals surface area contributed by atoms with Gasteiger partial charge in [-0.15, -0.1) is 10.2 Å². The van der Waals surface area contributed by atoms with Gasteiger partial charge in [0.2, 0.25) is 0 Å². The van der Waals surface area contributed by atoms with Crippen LogP contribution in [0.5, 0.6) is 0 Å². The van der Waals surface area contributed by atoms with Crippen molar-refractivity contribution in [3.8, 4) is 0 Å². The van der Waals surface area contributed by atoms with Crippen LogP contribution in [0.3, 0.4) is 0 Å². The van der Waals surface area contributed by atoms with Crippen LogP contribution in [0.15, 0.2) is 50.7 Å². The number of benzene rings is 1. The zero-order chi connectivity index (χ0) is 16.4. The second kappa shape index (κ2) is 12.0. The first-order valence-electron chi connectivity index (χ1n) is 6.56. The summed E-state index contributed by atoms with van der Waals surface area (Å²) in [5.41, 5.74) is 1.96. The first-order valence-corrected chi connectivity index (χ1v) is 7.38. The van der Waals surface area contributed by atoms with Gasteiger partial charge in [0.05, 0.1) is 17.5 Å². The predicted octanol–water partition coefficient (Wildman–Crippen LogP) is 1.83. The van der Waals surface area contributed by atoms with Gasteiger partial charge >= 0.3 is 17.1 Å². The minimum absolute atomic E-state index is 0. The average molecular weight is 399 g/mol. The molecular weight excluding hydrogens is 382 g/mol. The molecule has 1 aromatic rings.